The molecule has 3 nitrogen and oxygen atoms in total. The van der Waals surface area contributed by atoms with Crippen molar-refractivity contribution in [3.63, 3.8) is 0 Å². The van der Waals surface area contributed by atoms with Crippen LogP contribution in [0, 0.1) is 0 Å². The maximum absolute atomic E-state index is 11.0. The van der Waals surface area contributed by atoms with E-state index in [2.05, 4.69) is 12.1 Å². The second-order valence-corrected chi connectivity index (χ2v) is 7.09. The topological polar surface area (TPSA) is 60.7 Å². The van der Waals surface area contributed by atoms with Crippen molar-refractivity contribution < 1.29 is 15.3 Å². The molecule has 3 heteroatoms. The van der Waals surface area contributed by atoms with Crippen LogP contribution in [-0.2, 0) is 5.41 Å². The first kappa shape index (κ1) is 16.5. The number of fused-ring (bicyclic) bond motifs is 3. The Morgan fingerprint density at radius 2 is 1.04 bits per heavy atom. The van der Waals surface area contributed by atoms with E-state index in [9.17, 15) is 15.3 Å². The predicted octanol–water partition coefficient (Wildman–Crippen LogP) is 5.17. The first-order valence-electron chi connectivity index (χ1n) is 9.13. The Morgan fingerprint density at radius 3 is 1.64 bits per heavy atom. The third kappa shape index (κ3) is 2.10. The van der Waals surface area contributed by atoms with Gasteiger partial charge in [-0.3, -0.25) is 0 Å². The average molecular weight is 366 g/mol. The number of hydrogen-bond donors (Lipinski definition) is 3. The molecular formula is C25H18O3. The lowest BCUT2D eigenvalue weighted by Crippen LogP contribution is -2.28. The largest absolute Gasteiger partial charge is 0.508 e. The van der Waals surface area contributed by atoms with E-state index in [1.54, 1.807) is 30.3 Å². The van der Waals surface area contributed by atoms with Gasteiger partial charge in [-0.1, -0.05) is 60.7 Å². The lowest BCUT2D eigenvalue weighted by molar-refractivity contribution is 0.462. The molecular weight excluding hydrogens is 348 g/mol. The Labute approximate surface area is 162 Å². The number of benzene rings is 4. The summed E-state index contributed by atoms with van der Waals surface area (Å²) < 4.78 is 0. The number of phenolic OH excluding ortho intramolecular Hbond substituents is 3. The summed E-state index contributed by atoms with van der Waals surface area (Å²) in [6.07, 6.45) is 0. The molecule has 0 unspecified atom stereocenters. The quantitative estimate of drug-likeness (QED) is 0.404. The molecule has 0 radical (unpaired) electrons. The second-order valence-electron chi connectivity index (χ2n) is 7.09. The minimum absolute atomic E-state index is 0.188. The molecule has 4 aromatic rings. The van der Waals surface area contributed by atoms with E-state index in [0.717, 1.165) is 33.4 Å². The lowest BCUT2D eigenvalue weighted by atomic mass is 9.67. The molecule has 0 atom stereocenters. The standard InChI is InChI=1S/C25H18O3/c26-18-12-8-16(9-13-18)25(17-10-14-19(27)15-11-17)22-6-2-1-4-20(22)21-5-3-7-23(28)24(21)25/h1-15,26-28H. The van der Waals surface area contributed by atoms with Gasteiger partial charge in [-0.25, -0.2) is 0 Å². The molecule has 0 saturated heterocycles. The van der Waals surface area contributed by atoms with Crippen LogP contribution in [0.2, 0.25) is 0 Å². The van der Waals surface area contributed by atoms with Crippen LogP contribution in [-0.4, -0.2) is 15.3 Å². The van der Waals surface area contributed by atoms with Crippen molar-refractivity contribution in [1.82, 2.24) is 0 Å². The normalized spacial score (nSPS) is 13.7. The summed E-state index contributed by atoms with van der Waals surface area (Å²) in [5.41, 5.74) is 5.03. The fraction of sp³-hybridized carbons (Fsp3) is 0.0400. The molecule has 0 aliphatic heterocycles. The highest BCUT2D eigenvalue weighted by Gasteiger charge is 2.47. The Balaban J connectivity index is 1.98. The van der Waals surface area contributed by atoms with Crippen LogP contribution in [0.4, 0.5) is 0 Å². The van der Waals surface area contributed by atoms with Crippen molar-refractivity contribution >= 4 is 0 Å². The summed E-state index contributed by atoms with van der Waals surface area (Å²) in [6.45, 7) is 0. The monoisotopic (exact) mass is 366 g/mol. The predicted molar refractivity (Wildman–Crippen MR) is 109 cm³/mol. The van der Waals surface area contributed by atoms with Gasteiger partial charge in [-0.15, -0.1) is 0 Å². The van der Waals surface area contributed by atoms with Gasteiger partial charge in [0.25, 0.3) is 0 Å². The molecule has 136 valence electrons. The van der Waals surface area contributed by atoms with Crippen molar-refractivity contribution in [3.05, 3.63) is 113 Å². The van der Waals surface area contributed by atoms with Gasteiger partial charge in [0.05, 0.1) is 5.41 Å². The maximum Gasteiger partial charge on any atom is 0.120 e. The third-order valence-electron chi connectivity index (χ3n) is 5.64. The third-order valence-corrected chi connectivity index (χ3v) is 5.64. The first-order chi connectivity index (χ1) is 13.6. The zero-order valence-corrected chi connectivity index (χ0v) is 15.0. The number of aromatic hydroxyl groups is 3. The van der Waals surface area contributed by atoms with Crippen LogP contribution in [0.25, 0.3) is 11.1 Å². The van der Waals surface area contributed by atoms with Crippen LogP contribution in [0.15, 0.2) is 91.0 Å². The van der Waals surface area contributed by atoms with Gasteiger partial charge in [0, 0.05) is 5.56 Å². The van der Waals surface area contributed by atoms with Gasteiger partial charge in [0.15, 0.2) is 0 Å². The summed E-state index contributed by atoms with van der Waals surface area (Å²) in [5, 5.41) is 30.7. The minimum Gasteiger partial charge on any atom is -0.508 e. The maximum atomic E-state index is 11.0. The van der Waals surface area contributed by atoms with Gasteiger partial charge in [-0.05, 0) is 58.1 Å². The average Bonchev–Trinajstić information content (AvgIpc) is 3.02. The first-order valence-corrected chi connectivity index (χ1v) is 9.13. The van der Waals surface area contributed by atoms with E-state index in [-0.39, 0.29) is 17.2 Å². The summed E-state index contributed by atoms with van der Waals surface area (Å²) in [5.74, 6) is 0.594. The van der Waals surface area contributed by atoms with Gasteiger partial charge in [0.2, 0.25) is 0 Å². The Morgan fingerprint density at radius 1 is 0.500 bits per heavy atom. The second kappa shape index (κ2) is 5.89. The Bertz CT molecular complexity index is 1130. The van der Waals surface area contributed by atoms with Crippen LogP contribution in [0.1, 0.15) is 22.3 Å². The van der Waals surface area contributed by atoms with Crippen molar-refractivity contribution in [2.45, 2.75) is 5.41 Å². The molecule has 0 saturated carbocycles. The van der Waals surface area contributed by atoms with Crippen molar-refractivity contribution in [1.29, 1.82) is 0 Å². The number of hydrogen-bond acceptors (Lipinski definition) is 3. The number of phenols is 3. The van der Waals surface area contributed by atoms with Crippen LogP contribution in [0.3, 0.4) is 0 Å². The molecule has 1 aliphatic rings. The van der Waals surface area contributed by atoms with Crippen molar-refractivity contribution in [3.8, 4) is 28.4 Å². The molecule has 4 aromatic carbocycles. The molecule has 5 rings (SSSR count). The Hall–Kier alpha value is -3.72. The minimum atomic E-state index is -0.751. The van der Waals surface area contributed by atoms with Crippen molar-refractivity contribution in [2.75, 3.05) is 0 Å². The van der Waals surface area contributed by atoms with Gasteiger partial charge in [0.1, 0.15) is 17.2 Å². The zero-order valence-electron chi connectivity index (χ0n) is 15.0. The van der Waals surface area contributed by atoms with E-state index in [4.69, 9.17) is 0 Å². The molecule has 1 aliphatic carbocycles. The molecule has 0 bridgehead atoms. The van der Waals surface area contributed by atoms with E-state index >= 15 is 0 Å². The summed E-state index contributed by atoms with van der Waals surface area (Å²) in [7, 11) is 0. The summed E-state index contributed by atoms with van der Waals surface area (Å²) >= 11 is 0. The molecule has 0 spiro atoms. The molecule has 0 heterocycles. The smallest absolute Gasteiger partial charge is 0.120 e. The van der Waals surface area contributed by atoms with Gasteiger partial charge < -0.3 is 15.3 Å². The highest BCUT2D eigenvalue weighted by molar-refractivity contribution is 5.88. The van der Waals surface area contributed by atoms with Crippen molar-refractivity contribution in [2.24, 2.45) is 0 Å². The van der Waals surface area contributed by atoms with Crippen LogP contribution in [0.5, 0.6) is 17.2 Å². The van der Waals surface area contributed by atoms with Crippen LogP contribution >= 0.6 is 0 Å². The zero-order chi connectivity index (χ0) is 19.3. The molecule has 0 aromatic heterocycles. The SMILES string of the molecule is Oc1ccc(C2(c3ccc(O)cc3)c3ccccc3-c3cccc(O)c32)cc1. The molecule has 3 N–H and O–H groups in total. The molecule has 0 amide bonds. The fourth-order valence-corrected chi connectivity index (χ4v) is 4.53. The van der Waals surface area contributed by atoms with Gasteiger partial charge in [-0.2, -0.15) is 0 Å². The van der Waals surface area contributed by atoms with Gasteiger partial charge >= 0.3 is 0 Å². The Kier molecular flexibility index (Phi) is 3.46. The van der Waals surface area contributed by atoms with E-state index in [1.165, 1.54) is 0 Å². The lowest BCUT2D eigenvalue weighted by Gasteiger charge is -2.34. The van der Waals surface area contributed by atoms with E-state index in [1.807, 2.05) is 48.5 Å². The highest BCUT2D eigenvalue weighted by atomic mass is 16.3. The molecule has 0 fully saturated rings. The van der Waals surface area contributed by atoms with E-state index in [0.29, 0.717) is 0 Å². The summed E-state index contributed by atoms with van der Waals surface area (Å²) in [6, 6.07) is 27.9. The van der Waals surface area contributed by atoms with Crippen LogP contribution < -0.4 is 0 Å². The number of rotatable bonds is 2. The molecule has 28 heavy (non-hydrogen) atoms. The fourth-order valence-electron chi connectivity index (χ4n) is 4.53. The van der Waals surface area contributed by atoms with E-state index < -0.39 is 5.41 Å². The highest BCUT2D eigenvalue weighted by Crippen LogP contribution is 2.58. The summed E-state index contributed by atoms with van der Waals surface area (Å²) in [4.78, 5) is 0.